The Balaban J connectivity index is 1.23. The lowest BCUT2D eigenvalue weighted by Crippen LogP contribution is -2.50. The standard InChI is InChI=1S/C31H34F3N3O3/c1-20-18-35-19-21(2)28(20)29(38)36-15-12-22(3)37-16-13-24(14-17-37)30(39-26-6-4-5-7-27(26)40-30)23-8-10-25(11-9-23)31(32,33)34/h4-11,18-19,22,24H,12-17H2,1-3H3,(H,36,38). The van der Waals surface area contributed by atoms with Crippen LogP contribution >= 0.6 is 0 Å². The van der Waals surface area contributed by atoms with Crippen molar-refractivity contribution in [1.82, 2.24) is 15.2 Å². The maximum absolute atomic E-state index is 13.2. The van der Waals surface area contributed by atoms with Gasteiger partial charge in [-0.15, -0.1) is 0 Å². The number of halogens is 3. The fraction of sp³-hybridized carbons (Fsp3) is 0.419. The van der Waals surface area contributed by atoms with E-state index in [-0.39, 0.29) is 17.9 Å². The molecule has 2 aliphatic rings. The van der Waals surface area contributed by atoms with Crippen LogP contribution in [0, 0.1) is 19.8 Å². The van der Waals surface area contributed by atoms with Crippen molar-refractivity contribution in [2.45, 2.75) is 58.0 Å². The van der Waals surface area contributed by atoms with Crippen molar-refractivity contribution in [2.24, 2.45) is 5.92 Å². The van der Waals surface area contributed by atoms with Gasteiger partial charge in [0.2, 0.25) is 0 Å². The second kappa shape index (κ2) is 11.1. The van der Waals surface area contributed by atoms with Crippen molar-refractivity contribution < 1.29 is 27.4 Å². The summed E-state index contributed by atoms with van der Waals surface area (Å²) in [7, 11) is 0. The molecule has 0 aliphatic carbocycles. The highest BCUT2D eigenvalue weighted by molar-refractivity contribution is 5.96. The zero-order valence-electron chi connectivity index (χ0n) is 22.9. The summed E-state index contributed by atoms with van der Waals surface area (Å²) in [4.78, 5) is 19.2. The molecule has 0 radical (unpaired) electrons. The molecule has 2 aromatic carbocycles. The summed E-state index contributed by atoms with van der Waals surface area (Å²) in [5, 5.41) is 3.04. The van der Waals surface area contributed by atoms with Crippen molar-refractivity contribution in [3.8, 4) is 11.5 Å². The number of alkyl halides is 3. The van der Waals surface area contributed by atoms with E-state index in [1.807, 2.05) is 38.1 Å². The Morgan fingerprint density at radius 3 is 2.15 bits per heavy atom. The second-order valence-corrected chi connectivity index (χ2v) is 10.7. The molecule has 1 aromatic heterocycles. The molecule has 6 nitrogen and oxygen atoms in total. The van der Waals surface area contributed by atoms with Gasteiger partial charge in [-0.3, -0.25) is 9.78 Å². The van der Waals surface area contributed by atoms with Crippen molar-refractivity contribution in [1.29, 1.82) is 0 Å². The molecule has 0 spiro atoms. The first-order chi connectivity index (χ1) is 19.1. The lowest BCUT2D eigenvalue weighted by molar-refractivity contribution is -0.150. The molecule has 2 aliphatic heterocycles. The highest BCUT2D eigenvalue weighted by Gasteiger charge is 2.51. The second-order valence-electron chi connectivity index (χ2n) is 10.7. The van der Waals surface area contributed by atoms with Crippen LogP contribution < -0.4 is 14.8 Å². The lowest BCUT2D eigenvalue weighted by atomic mass is 9.83. The number of hydrogen-bond acceptors (Lipinski definition) is 5. The maximum Gasteiger partial charge on any atom is 0.416 e. The molecule has 5 rings (SSSR count). The Morgan fingerprint density at radius 1 is 1.02 bits per heavy atom. The SMILES string of the molecule is Cc1cncc(C)c1C(=O)NCCC(C)N1CCC(C2(c3ccc(C(F)(F)F)cc3)Oc3ccccc3O2)CC1. The zero-order valence-corrected chi connectivity index (χ0v) is 22.9. The average Bonchev–Trinajstić information content (AvgIpc) is 3.33. The van der Waals surface area contributed by atoms with Gasteiger partial charge in [0.05, 0.1) is 5.56 Å². The summed E-state index contributed by atoms with van der Waals surface area (Å²) < 4.78 is 52.6. The number of para-hydroxylation sites is 2. The molecule has 3 aromatic rings. The first kappa shape index (κ1) is 28.0. The molecule has 0 saturated carbocycles. The van der Waals surface area contributed by atoms with Gasteiger partial charge >= 0.3 is 6.18 Å². The summed E-state index contributed by atoms with van der Waals surface area (Å²) in [6.45, 7) is 8.05. The molecule has 1 saturated heterocycles. The van der Waals surface area contributed by atoms with Crippen LogP contribution in [0.15, 0.2) is 60.9 Å². The van der Waals surface area contributed by atoms with E-state index in [4.69, 9.17) is 9.47 Å². The number of ether oxygens (including phenoxy) is 2. The molecular formula is C31H34F3N3O3. The molecular weight excluding hydrogens is 519 g/mol. The first-order valence-corrected chi connectivity index (χ1v) is 13.7. The van der Waals surface area contributed by atoms with Gasteiger partial charge in [-0.25, -0.2) is 0 Å². The minimum absolute atomic E-state index is 0.0579. The van der Waals surface area contributed by atoms with E-state index in [1.165, 1.54) is 12.1 Å². The molecule has 212 valence electrons. The number of benzene rings is 2. The maximum atomic E-state index is 13.2. The largest absolute Gasteiger partial charge is 0.444 e. The van der Waals surface area contributed by atoms with Crippen LogP contribution in [0.3, 0.4) is 0 Å². The summed E-state index contributed by atoms with van der Waals surface area (Å²) in [5.74, 6) is -0.145. The number of amides is 1. The van der Waals surface area contributed by atoms with Crippen LogP contribution in [0.4, 0.5) is 13.2 Å². The summed E-state index contributed by atoms with van der Waals surface area (Å²) >= 11 is 0. The summed E-state index contributed by atoms with van der Waals surface area (Å²) in [6, 6.07) is 12.7. The van der Waals surface area contributed by atoms with E-state index in [0.717, 1.165) is 55.6 Å². The number of rotatable bonds is 7. The first-order valence-electron chi connectivity index (χ1n) is 13.7. The molecule has 1 unspecified atom stereocenters. The molecule has 1 N–H and O–H groups in total. The van der Waals surface area contributed by atoms with Gasteiger partial charge < -0.3 is 19.7 Å². The number of nitrogens with zero attached hydrogens (tertiary/aromatic N) is 2. The third-order valence-corrected chi connectivity index (χ3v) is 8.08. The van der Waals surface area contributed by atoms with Gasteiger partial charge in [0.1, 0.15) is 0 Å². The van der Waals surface area contributed by atoms with E-state index >= 15 is 0 Å². The molecule has 40 heavy (non-hydrogen) atoms. The monoisotopic (exact) mass is 553 g/mol. The normalized spacial score (nSPS) is 17.9. The van der Waals surface area contributed by atoms with E-state index in [1.54, 1.807) is 12.4 Å². The van der Waals surface area contributed by atoms with Crippen LogP contribution in [0.2, 0.25) is 0 Å². The van der Waals surface area contributed by atoms with E-state index < -0.39 is 17.5 Å². The van der Waals surface area contributed by atoms with E-state index in [2.05, 4.69) is 22.1 Å². The zero-order chi connectivity index (χ0) is 28.5. The number of aromatic nitrogens is 1. The van der Waals surface area contributed by atoms with Crippen molar-refractivity contribution >= 4 is 5.91 Å². The predicted molar refractivity (Wildman–Crippen MR) is 145 cm³/mol. The van der Waals surface area contributed by atoms with E-state index in [9.17, 15) is 18.0 Å². The van der Waals surface area contributed by atoms with Gasteiger partial charge in [-0.2, -0.15) is 13.2 Å². The highest BCUT2D eigenvalue weighted by atomic mass is 19.4. The lowest BCUT2D eigenvalue weighted by Gasteiger charge is -2.42. The number of likely N-dealkylation sites (tertiary alicyclic amines) is 1. The molecule has 1 fully saturated rings. The van der Waals surface area contributed by atoms with Crippen molar-refractivity contribution in [3.63, 3.8) is 0 Å². The molecule has 1 amide bonds. The molecule has 0 bridgehead atoms. The average molecular weight is 554 g/mol. The van der Waals surface area contributed by atoms with Crippen LogP contribution in [-0.4, -0.2) is 41.5 Å². The quantitative estimate of drug-likeness (QED) is 0.374. The number of piperidine rings is 1. The van der Waals surface area contributed by atoms with Crippen LogP contribution in [0.25, 0.3) is 0 Å². The Morgan fingerprint density at radius 2 is 1.60 bits per heavy atom. The number of hydrogen-bond donors (Lipinski definition) is 1. The summed E-state index contributed by atoms with van der Waals surface area (Å²) in [5.41, 5.74) is 2.26. The van der Waals surface area contributed by atoms with Gasteiger partial charge in [-0.1, -0.05) is 24.3 Å². The number of fused-ring (bicyclic) bond motifs is 1. The third kappa shape index (κ3) is 5.52. The van der Waals surface area contributed by atoms with Crippen LogP contribution in [0.1, 0.15) is 58.8 Å². The minimum Gasteiger partial charge on any atom is -0.444 e. The third-order valence-electron chi connectivity index (χ3n) is 8.08. The summed E-state index contributed by atoms with van der Waals surface area (Å²) in [6.07, 6.45) is 1.28. The van der Waals surface area contributed by atoms with Crippen LogP contribution in [-0.2, 0) is 12.0 Å². The number of carbonyl (C=O) groups excluding carboxylic acids is 1. The minimum atomic E-state index is -4.41. The Kier molecular flexibility index (Phi) is 7.77. The highest BCUT2D eigenvalue weighted by Crippen LogP contribution is 2.50. The van der Waals surface area contributed by atoms with Crippen molar-refractivity contribution in [3.05, 3.63) is 88.7 Å². The van der Waals surface area contributed by atoms with E-state index in [0.29, 0.717) is 29.2 Å². The van der Waals surface area contributed by atoms with Gasteiger partial charge in [0, 0.05) is 42.0 Å². The van der Waals surface area contributed by atoms with Crippen molar-refractivity contribution in [2.75, 3.05) is 19.6 Å². The fourth-order valence-electron chi connectivity index (χ4n) is 5.82. The molecule has 3 heterocycles. The van der Waals surface area contributed by atoms with Crippen LogP contribution in [0.5, 0.6) is 11.5 Å². The molecule has 1 atom stereocenters. The topological polar surface area (TPSA) is 63.7 Å². The smallest absolute Gasteiger partial charge is 0.416 e. The van der Waals surface area contributed by atoms with Gasteiger partial charge in [0.15, 0.2) is 11.5 Å². The Labute approximate surface area is 232 Å². The fourth-order valence-corrected chi connectivity index (χ4v) is 5.82. The Hall–Kier alpha value is -3.59. The Bertz CT molecular complexity index is 1310. The number of pyridine rings is 1. The number of nitrogens with one attached hydrogen (secondary N) is 1. The predicted octanol–water partition coefficient (Wildman–Crippen LogP) is 6.26. The molecule has 9 heteroatoms. The van der Waals surface area contributed by atoms with Gasteiger partial charge in [0.25, 0.3) is 11.7 Å². The number of aryl methyl sites for hydroxylation is 2. The van der Waals surface area contributed by atoms with Gasteiger partial charge in [-0.05, 0) is 88.5 Å². The number of carbonyl (C=O) groups is 1.